The van der Waals surface area contributed by atoms with E-state index in [9.17, 15) is 8.78 Å². The van der Waals surface area contributed by atoms with Crippen LogP contribution < -0.4 is 0 Å². The van der Waals surface area contributed by atoms with E-state index in [2.05, 4.69) is 4.74 Å². The molecule has 0 saturated carbocycles. The maximum Gasteiger partial charge on any atom is 0.388 e. The number of rotatable bonds is 3. The van der Waals surface area contributed by atoms with Crippen LogP contribution in [0.1, 0.15) is 0 Å². The summed E-state index contributed by atoms with van der Waals surface area (Å²) in [5, 5.41) is -1.64. The van der Waals surface area contributed by atoms with Gasteiger partial charge >= 0.3 is 6.11 Å². The van der Waals surface area contributed by atoms with Gasteiger partial charge in [-0.05, 0) is 0 Å². The highest BCUT2D eigenvalue weighted by molar-refractivity contribution is 6.45. The number of halogens is 6. The van der Waals surface area contributed by atoms with E-state index in [0.29, 0.717) is 0 Å². The summed E-state index contributed by atoms with van der Waals surface area (Å²) in [6.45, 7) is 0. The van der Waals surface area contributed by atoms with Crippen LogP contribution in [0.5, 0.6) is 0 Å². The van der Waals surface area contributed by atoms with Crippen LogP contribution in [-0.4, -0.2) is 16.0 Å². The molecule has 0 rings (SSSR count). The summed E-state index contributed by atoms with van der Waals surface area (Å²) in [5.74, 6) is 0. The average Bonchev–Trinajstić information content (AvgIpc) is 1.60. The molecule has 0 aliphatic heterocycles. The Bertz CT molecular complexity index is 107. The molecule has 0 unspecified atom stereocenters. The van der Waals surface area contributed by atoms with Gasteiger partial charge < -0.3 is 0 Å². The minimum atomic E-state index is -3.71. The van der Waals surface area contributed by atoms with Crippen molar-refractivity contribution in [3.8, 4) is 0 Å². The molecular formula is C3H2Cl4F2O. The lowest BCUT2D eigenvalue weighted by atomic mass is 10.7. The molecule has 0 aromatic rings. The first kappa shape index (κ1) is 11.0. The summed E-state index contributed by atoms with van der Waals surface area (Å²) < 4.78 is 27.9. The number of alkyl halides is 6. The van der Waals surface area contributed by atoms with Crippen molar-refractivity contribution in [2.24, 2.45) is 0 Å². The van der Waals surface area contributed by atoms with Crippen LogP contribution >= 0.6 is 46.4 Å². The molecule has 0 aromatic heterocycles. The molecule has 62 valence electrons. The fraction of sp³-hybridized carbons (Fsp3) is 1.00. The lowest BCUT2D eigenvalue weighted by Crippen LogP contribution is -2.30. The second-order valence-electron chi connectivity index (χ2n) is 1.24. The number of hydrogen-bond acceptors (Lipinski definition) is 1. The molecule has 0 heterocycles. The van der Waals surface area contributed by atoms with Gasteiger partial charge in [0.05, 0.1) is 0 Å². The Hall–Kier alpha value is 0.980. The molecule has 0 saturated heterocycles. The molecule has 0 aromatic carbocycles. The predicted molar refractivity (Wildman–Crippen MR) is 37.0 cm³/mol. The first-order valence-electron chi connectivity index (χ1n) is 1.98. The summed E-state index contributed by atoms with van der Waals surface area (Å²) in [4.78, 5) is -1.98. The minimum Gasteiger partial charge on any atom is -0.284 e. The second kappa shape index (κ2) is 4.12. The topological polar surface area (TPSA) is 9.23 Å². The summed E-state index contributed by atoms with van der Waals surface area (Å²) in [7, 11) is 0. The van der Waals surface area contributed by atoms with Gasteiger partial charge in [0.1, 0.15) is 0 Å². The molecule has 0 aliphatic carbocycles. The van der Waals surface area contributed by atoms with Crippen molar-refractivity contribution in [3.63, 3.8) is 0 Å². The monoisotopic (exact) mass is 232 g/mol. The zero-order chi connectivity index (χ0) is 8.36. The van der Waals surface area contributed by atoms with Crippen LogP contribution in [0.4, 0.5) is 8.78 Å². The zero-order valence-electron chi connectivity index (χ0n) is 4.33. The van der Waals surface area contributed by atoms with Crippen LogP contribution in [0.3, 0.4) is 0 Å². The van der Waals surface area contributed by atoms with Crippen LogP contribution in [0.2, 0.25) is 0 Å². The molecular weight excluding hydrogens is 232 g/mol. The largest absolute Gasteiger partial charge is 0.388 e. The quantitative estimate of drug-likeness (QED) is 0.681. The molecule has 0 fully saturated rings. The van der Waals surface area contributed by atoms with E-state index in [-0.39, 0.29) is 0 Å². The standard InChI is InChI=1S/C3H2Cl4F2O/c4-1(5)3(8,9)10-2(6)7/h1-2H. The third-order valence-electron chi connectivity index (χ3n) is 0.500. The van der Waals surface area contributed by atoms with Gasteiger partial charge in [-0.1, -0.05) is 46.4 Å². The Balaban J connectivity index is 3.87. The first-order chi connectivity index (χ1) is 4.36. The highest BCUT2D eigenvalue weighted by Gasteiger charge is 2.40. The van der Waals surface area contributed by atoms with E-state index < -0.39 is 16.0 Å². The minimum absolute atomic E-state index is 1.64. The lowest BCUT2D eigenvalue weighted by molar-refractivity contribution is -0.224. The lowest BCUT2D eigenvalue weighted by Gasteiger charge is -2.17. The van der Waals surface area contributed by atoms with Crippen molar-refractivity contribution in [1.82, 2.24) is 0 Å². The van der Waals surface area contributed by atoms with Gasteiger partial charge in [-0.3, -0.25) is 4.74 Å². The van der Waals surface area contributed by atoms with E-state index in [1.807, 2.05) is 0 Å². The maximum absolute atomic E-state index is 12.1. The van der Waals surface area contributed by atoms with E-state index in [1.165, 1.54) is 0 Å². The van der Waals surface area contributed by atoms with Gasteiger partial charge in [0.2, 0.25) is 5.02 Å². The van der Waals surface area contributed by atoms with E-state index >= 15 is 0 Å². The smallest absolute Gasteiger partial charge is 0.284 e. The highest BCUT2D eigenvalue weighted by Crippen LogP contribution is 2.30. The second-order valence-corrected chi connectivity index (χ2v) is 3.35. The molecule has 0 N–H and O–H groups in total. The van der Waals surface area contributed by atoms with Gasteiger partial charge in [-0.15, -0.1) is 0 Å². The Labute approximate surface area is 76.1 Å². The van der Waals surface area contributed by atoms with Crippen molar-refractivity contribution < 1.29 is 13.5 Å². The predicted octanol–water partition coefficient (Wildman–Crippen LogP) is 3.16. The van der Waals surface area contributed by atoms with Crippen molar-refractivity contribution >= 4 is 46.4 Å². The van der Waals surface area contributed by atoms with Crippen molar-refractivity contribution in [2.75, 3.05) is 0 Å². The SMILES string of the molecule is FC(F)(OC(Cl)Cl)C(Cl)Cl. The normalized spacial score (nSPS) is 13.2. The van der Waals surface area contributed by atoms with Crippen LogP contribution in [0, 0.1) is 0 Å². The molecule has 0 radical (unpaired) electrons. The molecule has 0 atom stereocenters. The van der Waals surface area contributed by atoms with E-state index in [0.717, 1.165) is 0 Å². The third kappa shape index (κ3) is 3.98. The van der Waals surface area contributed by atoms with Crippen LogP contribution in [-0.2, 0) is 4.74 Å². The van der Waals surface area contributed by atoms with E-state index in [1.54, 1.807) is 0 Å². The Morgan fingerprint density at radius 3 is 1.60 bits per heavy atom. The third-order valence-corrected chi connectivity index (χ3v) is 1.19. The van der Waals surface area contributed by atoms with Gasteiger partial charge in [-0.2, -0.15) is 8.78 Å². The molecule has 10 heavy (non-hydrogen) atoms. The van der Waals surface area contributed by atoms with Crippen molar-refractivity contribution in [2.45, 2.75) is 16.0 Å². The summed E-state index contributed by atoms with van der Waals surface area (Å²) in [5.41, 5.74) is 0. The molecule has 0 spiro atoms. The summed E-state index contributed by atoms with van der Waals surface area (Å²) in [6, 6.07) is 0. The Morgan fingerprint density at radius 2 is 1.50 bits per heavy atom. The highest BCUT2D eigenvalue weighted by atomic mass is 35.5. The molecule has 0 aliphatic rings. The Kier molecular flexibility index (Phi) is 4.52. The van der Waals surface area contributed by atoms with Crippen molar-refractivity contribution in [1.29, 1.82) is 0 Å². The van der Waals surface area contributed by atoms with Gasteiger partial charge in [0, 0.05) is 0 Å². The zero-order valence-corrected chi connectivity index (χ0v) is 7.35. The molecule has 7 heteroatoms. The average molecular weight is 234 g/mol. The van der Waals surface area contributed by atoms with Crippen molar-refractivity contribution in [3.05, 3.63) is 0 Å². The molecule has 0 bridgehead atoms. The van der Waals surface area contributed by atoms with Crippen LogP contribution in [0.25, 0.3) is 0 Å². The maximum atomic E-state index is 12.1. The summed E-state index contributed by atoms with van der Waals surface area (Å²) in [6.07, 6.45) is -3.71. The molecule has 0 amide bonds. The Morgan fingerprint density at radius 1 is 1.10 bits per heavy atom. The van der Waals surface area contributed by atoms with Gasteiger partial charge in [0.25, 0.3) is 0 Å². The van der Waals surface area contributed by atoms with Crippen LogP contribution in [0.15, 0.2) is 0 Å². The van der Waals surface area contributed by atoms with Gasteiger partial charge in [0.15, 0.2) is 4.84 Å². The fourth-order valence-corrected chi connectivity index (χ4v) is 0.511. The van der Waals surface area contributed by atoms with Gasteiger partial charge in [-0.25, -0.2) is 0 Å². The first-order valence-corrected chi connectivity index (χ1v) is 3.73. The summed E-state index contributed by atoms with van der Waals surface area (Å²) >= 11 is 19.3. The number of ether oxygens (including phenoxy) is 1. The molecule has 1 nitrogen and oxygen atoms in total. The fourth-order valence-electron chi connectivity index (χ4n) is 0.170. The van der Waals surface area contributed by atoms with E-state index in [4.69, 9.17) is 46.4 Å². The number of hydrogen-bond donors (Lipinski definition) is 0.